The molecule has 0 aromatic heterocycles. The first-order valence-corrected chi connectivity index (χ1v) is 7.31. The Hall–Kier alpha value is -1.43. The molecular weight excluding hydrogens is 267 g/mol. The van der Waals surface area contributed by atoms with E-state index in [1.807, 2.05) is 0 Å². The zero-order valence-corrected chi connectivity index (χ0v) is 11.5. The molecule has 1 aliphatic carbocycles. The maximum Gasteiger partial charge on any atom is 0.338 e. The molecule has 0 spiro atoms. The Morgan fingerprint density at radius 1 is 1.58 bits per heavy atom. The van der Waals surface area contributed by atoms with Crippen molar-refractivity contribution in [1.82, 2.24) is 0 Å². The van der Waals surface area contributed by atoms with E-state index in [-0.39, 0.29) is 10.4 Å². The van der Waals surface area contributed by atoms with Gasteiger partial charge in [-0.2, -0.15) is 11.8 Å². The molecule has 4 nitrogen and oxygen atoms in total. The van der Waals surface area contributed by atoms with E-state index >= 15 is 0 Å². The zero-order valence-electron chi connectivity index (χ0n) is 10.7. The van der Waals surface area contributed by atoms with Gasteiger partial charge in [0.25, 0.3) is 0 Å². The number of nitrogen functional groups attached to an aromatic ring is 1. The summed E-state index contributed by atoms with van der Waals surface area (Å²) in [6, 6.07) is 2.32. The van der Waals surface area contributed by atoms with E-state index in [0.717, 1.165) is 25.0 Å². The van der Waals surface area contributed by atoms with E-state index < -0.39 is 17.3 Å². The SMILES string of the molecule is CSC1(CNc2cc(F)c(C(=O)O)cc2N)CCC1. The van der Waals surface area contributed by atoms with Crippen molar-refractivity contribution in [3.63, 3.8) is 0 Å². The molecule has 1 saturated carbocycles. The molecule has 1 fully saturated rings. The van der Waals surface area contributed by atoms with Crippen LogP contribution in [0, 0.1) is 5.82 Å². The van der Waals surface area contributed by atoms with Gasteiger partial charge in [-0.25, -0.2) is 9.18 Å². The standard InChI is InChI=1S/C13H17FN2O2S/c1-19-13(3-2-4-13)7-16-11-6-9(14)8(12(17)18)5-10(11)15/h5-6,16H,2-4,7,15H2,1H3,(H,17,18). The highest BCUT2D eigenvalue weighted by molar-refractivity contribution is 8.00. The van der Waals surface area contributed by atoms with Crippen LogP contribution in [0.5, 0.6) is 0 Å². The van der Waals surface area contributed by atoms with Crippen LogP contribution in [0.15, 0.2) is 12.1 Å². The minimum Gasteiger partial charge on any atom is -0.478 e. The molecule has 0 atom stereocenters. The normalized spacial score (nSPS) is 16.7. The van der Waals surface area contributed by atoms with Crippen LogP contribution in [0.25, 0.3) is 0 Å². The molecule has 0 heterocycles. The van der Waals surface area contributed by atoms with Gasteiger partial charge in [-0.15, -0.1) is 0 Å². The van der Waals surface area contributed by atoms with Gasteiger partial charge in [-0.05, 0) is 31.2 Å². The smallest absolute Gasteiger partial charge is 0.338 e. The quantitative estimate of drug-likeness (QED) is 0.725. The highest BCUT2D eigenvalue weighted by atomic mass is 32.2. The van der Waals surface area contributed by atoms with Crippen LogP contribution >= 0.6 is 11.8 Å². The van der Waals surface area contributed by atoms with E-state index in [0.29, 0.717) is 12.2 Å². The summed E-state index contributed by atoms with van der Waals surface area (Å²) in [6.07, 6.45) is 5.55. The maximum absolute atomic E-state index is 13.6. The number of carbonyl (C=O) groups is 1. The number of carboxylic acids is 1. The van der Waals surface area contributed by atoms with Crippen molar-refractivity contribution in [2.45, 2.75) is 24.0 Å². The Morgan fingerprint density at radius 3 is 2.74 bits per heavy atom. The fourth-order valence-corrected chi connectivity index (χ4v) is 3.10. The average molecular weight is 284 g/mol. The summed E-state index contributed by atoms with van der Waals surface area (Å²) in [5, 5.41) is 11.9. The third kappa shape index (κ3) is 2.78. The topological polar surface area (TPSA) is 75.3 Å². The van der Waals surface area contributed by atoms with Gasteiger partial charge in [-0.3, -0.25) is 0 Å². The summed E-state index contributed by atoms with van der Waals surface area (Å²) < 4.78 is 13.8. The van der Waals surface area contributed by atoms with Crippen LogP contribution in [0.1, 0.15) is 29.6 Å². The van der Waals surface area contributed by atoms with E-state index in [4.69, 9.17) is 10.8 Å². The highest BCUT2D eigenvalue weighted by Gasteiger charge is 2.35. The number of nitrogens with one attached hydrogen (secondary N) is 1. The second-order valence-electron chi connectivity index (χ2n) is 4.82. The van der Waals surface area contributed by atoms with Crippen molar-refractivity contribution in [3.05, 3.63) is 23.5 Å². The van der Waals surface area contributed by atoms with Crippen LogP contribution in [-0.4, -0.2) is 28.6 Å². The summed E-state index contributed by atoms with van der Waals surface area (Å²) in [7, 11) is 0. The van der Waals surface area contributed by atoms with E-state index in [1.54, 1.807) is 11.8 Å². The minimum absolute atomic E-state index is 0.203. The molecule has 1 aromatic rings. The third-order valence-electron chi connectivity index (χ3n) is 3.67. The number of hydrogen-bond acceptors (Lipinski definition) is 4. The predicted octanol–water partition coefficient (Wildman–Crippen LogP) is 2.80. The Labute approximate surface area is 115 Å². The first kappa shape index (κ1) is 14.0. The number of anilines is 2. The van der Waals surface area contributed by atoms with Crippen molar-refractivity contribution >= 4 is 29.1 Å². The summed E-state index contributed by atoms with van der Waals surface area (Å²) in [4.78, 5) is 10.8. The molecule has 0 radical (unpaired) electrons. The van der Waals surface area contributed by atoms with Crippen molar-refractivity contribution in [1.29, 1.82) is 0 Å². The van der Waals surface area contributed by atoms with Crippen LogP contribution in [0.2, 0.25) is 0 Å². The number of benzene rings is 1. The number of carboxylic acid groups (broad SMARTS) is 1. The average Bonchev–Trinajstić information content (AvgIpc) is 2.31. The monoisotopic (exact) mass is 284 g/mol. The third-order valence-corrected chi connectivity index (χ3v) is 5.09. The number of halogens is 1. The van der Waals surface area contributed by atoms with E-state index in [9.17, 15) is 9.18 Å². The summed E-state index contributed by atoms with van der Waals surface area (Å²) in [5.41, 5.74) is 6.08. The summed E-state index contributed by atoms with van der Waals surface area (Å²) in [6.45, 7) is 0.713. The molecule has 6 heteroatoms. The molecule has 4 N–H and O–H groups in total. The lowest BCUT2D eigenvalue weighted by atomic mass is 9.84. The van der Waals surface area contributed by atoms with Gasteiger partial charge in [0.2, 0.25) is 0 Å². The molecule has 0 unspecified atom stereocenters. The molecule has 1 aliphatic rings. The van der Waals surface area contributed by atoms with Crippen molar-refractivity contribution in [3.8, 4) is 0 Å². The molecule has 0 amide bonds. The van der Waals surface area contributed by atoms with Gasteiger partial charge in [0, 0.05) is 11.3 Å². The number of aromatic carboxylic acids is 1. The van der Waals surface area contributed by atoms with E-state index in [1.165, 1.54) is 6.42 Å². The largest absolute Gasteiger partial charge is 0.478 e. The number of rotatable bonds is 5. The highest BCUT2D eigenvalue weighted by Crippen LogP contribution is 2.43. The molecule has 1 aromatic carbocycles. The van der Waals surface area contributed by atoms with Gasteiger partial charge >= 0.3 is 5.97 Å². The van der Waals surface area contributed by atoms with Gasteiger partial charge < -0.3 is 16.2 Å². The first-order chi connectivity index (χ1) is 8.97. The Morgan fingerprint density at radius 2 is 2.26 bits per heavy atom. The molecule has 0 aliphatic heterocycles. The summed E-state index contributed by atoms with van der Waals surface area (Å²) in [5.74, 6) is -2.08. The Kier molecular flexibility index (Phi) is 3.89. The van der Waals surface area contributed by atoms with Crippen molar-refractivity contribution < 1.29 is 14.3 Å². The lowest BCUT2D eigenvalue weighted by Gasteiger charge is -2.40. The maximum atomic E-state index is 13.6. The van der Waals surface area contributed by atoms with Crippen LogP contribution in [0.4, 0.5) is 15.8 Å². The van der Waals surface area contributed by atoms with Crippen LogP contribution in [-0.2, 0) is 0 Å². The first-order valence-electron chi connectivity index (χ1n) is 6.09. The fraction of sp³-hybridized carbons (Fsp3) is 0.462. The molecular formula is C13H17FN2O2S. The molecule has 104 valence electrons. The van der Waals surface area contributed by atoms with Crippen LogP contribution < -0.4 is 11.1 Å². The van der Waals surface area contributed by atoms with Crippen LogP contribution in [0.3, 0.4) is 0 Å². The van der Waals surface area contributed by atoms with Gasteiger partial charge in [0.1, 0.15) is 5.82 Å². The number of nitrogens with two attached hydrogens (primary N) is 1. The molecule has 0 saturated heterocycles. The van der Waals surface area contributed by atoms with E-state index in [2.05, 4.69) is 11.6 Å². The molecule has 0 bridgehead atoms. The molecule has 19 heavy (non-hydrogen) atoms. The molecule has 2 rings (SSSR count). The zero-order chi connectivity index (χ0) is 14.0. The minimum atomic E-state index is -1.31. The van der Waals surface area contributed by atoms with Gasteiger partial charge in [-0.1, -0.05) is 6.42 Å². The fourth-order valence-electron chi connectivity index (χ4n) is 2.19. The number of hydrogen-bond donors (Lipinski definition) is 3. The second-order valence-corrected chi connectivity index (χ2v) is 6.09. The van der Waals surface area contributed by atoms with Gasteiger partial charge in [0.15, 0.2) is 0 Å². The Bertz CT molecular complexity index is 498. The van der Waals surface area contributed by atoms with Crippen molar-refractivity contribution in [2.24, 2.45) is 0 Å². The Balaban J connectivity index is 2.13. The summed E-state index contributed by atoms with van der Waals surface area (Å²) >= 11 is 1.81. The number of thioether (sulfide) groups is 1. The predicted molar refractivity (Wildman–Crippen MR) is 76.4 cm³/mol. The van der Waals surface area contributed by atoms with Crippen molar-refractivity contribution in [2.75, 3.05) is 23.9 Å². The van der Waals surface area contributed by atoms with Gasteiger partial charge in [0.05, 0.1) is 16.9 Å². The lowest BCUT2D eigenvalue weighted by molar-refractivity contribution is 0.0692. The lowest BCUT2D eigenvalue weighted by Crippen LogP contribution is -2.40. The second kappa shape index (κ2) is 5.28.